The predicted molar refractivity (Wildman–Crippen MR) is 80.8 cm³/mol. The van der Waals surface area contributed by atoms with E-state index in [0.29, 0.717) is 13.0 Å². The van der Waals surface area contributed by atoms with Gasteiger partial charge in [-0.1, -0.05) is 0 Å². The van der Waals surface area contributed by atoms with Crippen molar-refractivity contribution < 1.29 is 10.2 Å². The van der Waals surface area contributed by atoms with Crippen LogP contribution in [0.25, 0.3) is 10.9 Å². The van der Waals surface area contributed by atoms with Gasteiger partial charge in [-0.25, -0.2) is 0 Å². The third-order valence-electron chi connectivity index (χ3n) is 3.68. The van der Waals surface area contributed by atoms with E-state index in [2.05, 4.69) is 4.98 Å². The molecule has 0 aliphatic carbocycles. The zero-order valence-electron chi connectivity index (χ0n) is 11.6. The van der Waals surface area contributed by atoms with Crippen molar-refractivity contribution in [2.75, 3.05) is 0 Å². The van der Waals surface area contributed by atoms with Crippen molar-refractivity contribution >= 4 is 10.9 Å². The number of fused-ring (bicyclic) bond motifs is 1. The summed E-state index contributed by atoms with van der Waals surface area (Å²) in [6.45, 7) is 2.32. The fourth-order valence-corrected chi connectivity index (χ4v) is 2.60. The van der Waals surface area contributed by atoms with E-state index in [9.17, 15) is 15.0 Å². The molecule has 5 heteroatoms. The van der Waals surface area contributed by atoms with Crippen LogP contribution in [0.2, 0.25) is 0 Å². The molecule has 3 N–H and O–H groups in total. The van der Waals surface area contributed by atoms with Crippen LogP contribution in [0.5, 0.6) is 11.5 Å². The lowest BCUT2D eigenvalue weighted by atomic mass is 10.1. The van der Waals surface area contributed by atoms with E-state index in [-0.39, 0.29) is 17.1 Å². The summed E-state index contributed by atoms with van der Waals surface area (Å²) in [6.07, 6.45) is 2.56. The summed E-state index contributed by atoms with van der Waals surface area (Å²) in [6, 6.07) is 7.97. The van der Waals surface area contributed by atoms with Crippen LogP contribution >= 0.6 is 0 Å². The van der Waals surface area contributed by atoms with E-state index >= 15 is 0 Å². The second-order valence-corrected chi connectivity index (χ2v) is 5.14. The SMILES string of the molecule is Cc1cc(O)cc(=O)n1CCc1c[nH]c2ccc(O)cc12. The van der Waals surface area contributed by atoms with Gasteiger partial charge >= 0.3 is 0 Å². The van der Waals surface area contributed by atoms with Crippen molar-refractivity contribution in [2.24, 2.45) is 0 Å². The highest BCUT2D eigenvalue weighted by Crippen LogP contribution is 2.23. The van der Waals surface area contributed by atoms with Gasteiger partial charge in [0.05, 0.1) is 0 Å². The number of phenolic OH excluding ortho intramolecular Hbond substituents is 1. The third-order valence-corrected chi connectivity index (χ3v) is 3.68. The molecule has 108 valence electrons. The molecule has 5 nitrogen and oxygen atoms in total. The Morgan fingerprint density at radius 2 is 1.95 bits per heavy atom. The van der Waals surface area contributed by atoms with Gasteiger partial charge in [0.15, 0.2) is 0 Å². The van der Waals surface area contributed by atoms with E-state index in [1.165, 1.54) is 6.07 Å². The fourth-order valence-electron chi connectivity index (χ4n) is 2.60. The second-order valence-electron chi connectivity index (χ2n) is 5.14. The Hall–Kier alpha value is -2.69. The minimum atomic E-state index is -0.213. The maximum Gasteiger partial charge on any atom is 0.254 e. The Morgan fingerprint density at radius 1 is 1.14 bits per heavy atom. The molecular formula is C16H16N2O3. The number of aromatic nitrogens is 2. The predicted octanol–water partition coefficient (Wildman–Crippen LogP) is 2.29. The molecule has 3 aromatic rings. The van der Waals surface area contributed by atoms with Gasteiger partial charge in [-0.3, -0.25) is 4.79 Å². The number of aromatic amines is 1. The molecule has 0 saturated heterocycles. The number of phenols is 1. The second kappa shape index (κ2) is 5.01. The minimum Gasteiger partial charge on any atom is -0.508 e. The summed E-state index contributed by atoms with van der Waals surface area (Å²) in [5.74, 6) is 0.215. The lowest BCUT2D eigenvalue weighted by Gasteiger charge is -2.09. The number of aromatic hydroxyl groups is 2. The van der Waals surface area contributed by atoms with Gasteiger partial charge in [0.1, 0.15) is 11.5 Å². The molecule has 0 atom stereocenters. The van der Waals surface area contributed by atoms with E-state index in [4.69, 9.17) is 0 Å². The van der Waals surface area contributed by atoms with Crippen LogP contribution in [0.1, 0.15) is 11.3 Å². The van der Waals surface area contributed by atoms with Crippen molar-refractivity contribution in [1.29, 1.82) is 0 Å². The Kier molecular flexibility index (Phi) is 3.17. The lowest BCUT2D eigenvalue weighted by molar-refractivity contribution is 0.469. The van der Waals surface area contributed by atoms with Gasteiger partial charge in [-0.15, -0.1) is 0 Å². The molecule has 0 bridgehead atoms. The highest BCUT2D eigenvalue weighted by molar-refractivity contribution is 5.84. The summed E-state index contributed by atoms with van der Waals surface area (Å²) in [4.78, 5) is 15.0. The number of nitrogens with one attached hydrogen (secondary N) is 1. The van der Waals surface area contributed by atoms with Gasteiger partial charge in [-0.05, 0) is 43.2 Å². The number of H-pyrrole nitrogens is 1. The minimum absolute atomic E-state index is 0.00855. The number of hydrogen-bond donors (Lipinski definition) is 3. The highest BCUT2D eigenvalue weighted by Gasteiger charge is 2.07. The topological polar surface area (TPSA) is 78.2 Å². The molecule has 3 rings (SSSR count). The summed E-state index contributed by atoms with van der Waals surface area (Å²) < 4.78 is 1.63. The van der Waals surface area contributed by atoms with Crippen LogP contribution < -0.4 is 5.56 Å². The average Bonchev–Trinajstić information content (AvgIpc) is 2.80. The van der Waals surface area contributed by atoms with Gasteiger partial charge in [0, 0.05) is 35.4 Å². The average molecular weight is 284 g/mol. The number of rotatable bonds is 3. The maximum atomic E-state index is 11.9. The highest BCUT2D eigenvalue weighted by atomic mass is 16.3. The normalized spacial score (nSPS) is 11.1. The molecule has 1 aromatic carbocycles. The van der Waals surface area contributed by atoms with Gasteiger partial charge in [0.25, 0.3) is 5.56 Å². The van der Waals surface area contributed by atoms with E-state index < -0.39 is 0 Å². The smallest absolute Gasteiger partial charge is 0.254 e. The Bertz CT molecular complexity index is 862. The van der Waals surface area contributed by atoms with E-state index in [1.807, 2.05) is 12.3 Å². The number of pyridine rings is 1. The van der Waals surface area contributed by atoms with Crippen LogP contribution in [0.15, 0.2) is 41.3 Å². The first-order valence-corrected chi connectivity index (χ1v) is 6.74. The van der Waals surface area contributed by atoms with Crippen LogP contribution in [-0.4, -0.2) is 19.8 Å². The monoisotopic (exact) mass is 284 g/mol. The first-order valence-electron chi connectivity index (χ1n) is 6.74. The molecular weight excluding hydrogens is 268 g/mol. The number of nitrogens with zero attached hydrogens (tertiary/aromatic N) is 1. The Morgan fingerprint density at radius 3 is 2.71 bits per heavy atom. The van der Waals surface area contributed by atoms with E-state index in [0.717, 1.165) is 22.2 Å². The largest absolute Gasteiger partial charge is 0.508 e. The molecule has 0 saturated carbocycles. The standard InChI is InChI=1S/C16H16N2O3/c1-10-6-13(20)8-16(21)18(10)5-4-11-9-17-15-3-2-12(19)7-14(11)15/h2-3,6-9,17,19-20H,4-5H2,1H3. The van der Waals surface area contributed by atoms with Gasteiger partial charge in [-0.2, -0.15) is 0 Å². The Balaban J connectivity index is 1.90. The fraction of sp³-hybridized carbons (Fsp3) is 0.188. The summed E-state index contributed by atoms with van der Waals surface area (Å²) >= 11 is 0. The number of hydrogen-bond acceptors (Lipinski definition) is 3. The molecule has 0 spiro atoms. The van der Waals surface area contributed by atoms with Crippen molar-refractivity contribution in [3.8, 4) is 11.5 Å². The first-order chi connectivity index (χ1) is 10.0. The molecule has 21 heavy (non-hydrogen) atoms. The molecule has 0 aliphatic heterocycles. The third kappa shape index (κ3) is 2.50. The zero-order valence-corrected chi connectivity index (χ0v) is 11.6. The molecule has 0 aliphatic rings. The van der Waals surface area contributed by atoms with Crippen LogP contribution in [-0.2, 0) is 13.0 Å². The molecule has 2 heterocycles. The summed E-state index contributed by atoms with van der Waals surface area (Å²) in [5.41, 5.74) is 2.51. The first kappa shape index (κ1) is 13.3. The molecule has 0 unspecified atom stereocenters. The Labute approximate surface area is 121 Å². The van der Waals surface area contributed by atoms with Crippen LogP contribution in [0, 0.1) is 6.92 Å². The summed E-state index contributed by atoms with van der Waals surface area (Å²) in [5, 5.41) is 19.9. The maximum absolute atomic E-state index is 11.9. The van der Waals surface area contributed by atoms with Crippen LogP contribution in [0.4, 0.5) is 0 Å². The van der Waals surface area contributed by atoms with Crippen molar-refractivity contribution in [1.82, 2.24) is 9.55 Å². The van der Waals surface area contributed by atoms with Crippen molar-refractivity contribution in [2.45, 2.75) is 19.9 Å². The van der Waals surface area contributed by atoms with Gasteiger partial charge in [0.2, 0.25) is 0 Å². The van der Waals surface area contributed by atoms with Crippen LogP contribution in [0.3, 0.4) is 0 Å². The quantitative estimate of drug-likeness (QED) is 0.690. The number of benzene rings is 1. The molecule has 0 amide bonds. The summed E-state index contributed by atoms with van der Waals surface area (Å²) in [7, 11) is 0. The zero-order chi connectivity index (χ0) is 15.0. The number of aryl methyl sites for hydroxylation is 2. The van der Waals surface area contributed by atoms with Crippen molar-refractivity contribution in [3.05, 3.63) is 58.1 Å². The lowest BCUT2D eigenvalue weighted by Crippen LogP contribution is -2.22. The molecule has 2 aromatic heterocycles. The van der Waals surface area contributed by atoms with E-state index in [1.54, 1.807) is 29.7 Å². The molecule has 0 radical (unpaired) electrons. The molecule has 0 fully saturated rings. The van der Waals surface area contributed by atoms with Crippen molar-refractivity contribution in [3.63, 3.8) is 0 Å². The van der Waals surface area contributed by atoms with Gasteiger partial charge < -0.3 is 19.8 Å².